The molecule has 0 fully saturated rings. The molecule has 13 heavy (non-hydrogen) atoms. The van der Waals surface area contributed by atoms with Crippen LogP contribution in [0.3, 0.4) is 0 Å². The van der Waals surface area contributed by atoms with Crippen LogP contribution in [0.15, 0.2) is 15.9 Å². The second-order valence-electron chi connectivity index (χ2n) is 3.65. The van der Waals surface area contributed by atoms with Gasteiger partial charge in [0.2, 0.25) is 0 Å². The highest BCUT2D eigenvalue weighted by molar-refractivity contribution is 9.11. The molecule has 1 aromatic heterocycles. The van der Waals surface area contributed by atoms with E-state index in [1.807, 2.05) is 0 Å². The molecule has 1 rings (SSSR count). The first-order chi connectivity index (χ1) is 6.02. The average molecular weight is 282 g/mol. The van der Waals surface area contributed by atoms with Crippen molar-refractivity contribution in [3.63, 3.8) is 0 Å². The van der Waals surface area contributed by atoms with Gasteiger partial charge in [-0.3, -0.25) is 0 Å². The number of halogens is 2. The van der Waals surface area contributed by atoms with Crippen molar-refractivity contribution >= 4 is 38.9 Å². The molecule has 1 aromatic rings. The van der Waals surface area contributed by atoms with Gasteiger partial charge in [0, 0.05) is 4.88 Å². The van der Waals surface area contributed by atoms with Crippen molar-refractivity contribution in [3.8, 4) is 0 Å². The predicted molar refractivity (Wildman–Crippen MR) is 64.6 cm³/mol. The molecule has 0 aliphatic heterocycles. The van der Waals surface area contributed by atoms with E-state index in [1.165, 1.54) is 4.88 Å². The third kappa shape index (κ3) is 2.97. The van der Waals surface area contributed by atoms with Gasteiger partial charge in [0.25, 0.3) is 0 Å². The minimum atomic E-state index is 0.149. The first kappa shape index (κ1) is 11.5. The van der Waals surface area contributed by atoms with Crippen molar-refractivity contribution in [3.05, 3.63) is 20.8 Å². The largest absolute Gasteiger partial charge is 0.132 e. The van der Waals surface area contributed by atoms with Crippen LogP contribution in [-0.2, 0) is 0 Å². The summed E-state index contributed by atoms with van der Waals surface area (Å²) in [5.74, 6) is 1.15. The van der Waals surface area contributed by atoms with Crippen molar-refractivity contribution in [1.82, 2.24) is 0 Å². The van der Waals surface area contributed by atoms with E-state index < -0.39 is 0 Å². The molecular weight excluding hydrogens is 268 g/mol. The molecule has 0 nitrogen and oxygen atoms in total. The molecule has 0 aromatic carbocycles. The number of thiophene rings is 1. The lowest BCUT2D eigenvalue weighted by Crippen LogP contribution is -2.09. The molecule has 0 radical (unpaired) electrons. The lowest BCUT2D eigenvalue weighted by molar-refractivity contribution is 0.409. The van der Waals surface area contributed by atoms with Gasteiger partial charge in [-0.2, -0.15) is 0 Å². The quantitative estimate of drug-likeness (QED) is 0.678. The molecule has 0 aliphatic carbocycles. The fourth-order valence-electron chi connectivity index (χ4n) is 1.07. The first-order valence-corrected chi connectivity index (χ1v) is 6.46. The fourth-order valence-corrected chi connectivity index (χ4v) is 3.09. The van der Waals surface area contributed by atoms with E-state index in [4.69, 9.17) is 11.6 Å². The maximum Gasteiger partial charge on any atom is 0.0706 e. The number of alkyl halides is 1. The van der Waals surface area contributed by atoms with E-state index in [1.54, 1.807) is 11.3 Å². The summed E-state index contributed by atoms with van der Waals surface area (Å²) < 4.78 is 1.16. The van der Waals surface area contributed by atoms with Crippen LogP contribution in [0.1, 0.15) is 31.0 Å². The average Bonchev–Trinajstić information content (AvgIpc) is 2.49. The van der Waals surface area contributed by atoms with E-state index in [-0.39, 0.29) is 5.38 Å². The van der Waals surface area contributed by atoms with Gasteiger partial charge in [-0.15, -0.1) is 22.9 Å². The van der Waals surface area contributed by atoms with Crippen molar-refractivity contribution in [2.24, 2.45) is 11.8 Å². The Labute approximate surface area is 97.4 Å². The Hall–Kier alpha value is 0.470. The van der Waals surface area contributed by atoms with Crippen LogP contribution in [-0.4, -0.2) is 0 Å². The fraction of sp³-hybridized carbons (Fsp3) is 0.600. The molecule has 0 N–H and O–H groups in total. The molecule has 0 saturated carbocycles. The molecule has 0 aliphatic rings. The van der Waals surface area contributed by atoms with Crippen LogP contribution in [0.2, 0.25) is 0 Å². The standard InChI is InChI=1S/C10H14BrClS/c1-6(2)7(3)10(12)8-4-5-9(11)13-8/h4-7,10H,1-3H3. The molecule has 0 bridgehead atoms. The molecule has 74 valence electrons. The normalized spacial score (nSPS) is 16.2. The first-order valence-electron chi connectivity index (χ1n) is 4.41. The van der Waals surface area contributed by atoms with Crippen LogP contribution in [0.25, 0.3) is 0 Å². The highest BCUT2D eigenvalue weighted by Crippen LogP contribution is 2.38. The van der Waals surface area contributed by atoms with Gasteiger partial charge in [0.05, 0.1) is 9.16 Å². The molecule has 2 unspecified atom stereocenters. The molecule has 2 atom stereocenters. The van der Waals surface area contributed by atoms with Gasteiger partial charge in [0.15, 0.2) is 0 Å². The summed E-state index contributed by atoms with van der Waals surface area (Å²) in [7, 11) is 0. The van der Waals surface area contributed by atoms with Crippen LogP contribution >= 0.6 is 38.9 Å². The van der Waals surface area contributed by atoms with Gasteiger partial charge in [-0.05, 0) is 39.9 Å². The topological polar surface area (TPSA) is 0 Å². The summed E-state index contributed by atoms with van der Waals surface area (Å²) in [6.07, 6.45) is 0. The van der Waals surface area contributed by atoms with E-state index >= 15 is 0 Å². The summed E-state index contributed by atoms with van der Waals surface area (Å²) in [5, 5.41) is 0.149. The molecule has 0 saturated heterocycles. The van der Waals surface area contributed by atoms with Crippen molar-refractivity contribution in [2.45, 2.75) is 26.1 Å². The van der Waals surface area contributed by atoms with Gasteiger partial charge >= 0.3 is 0 Å². The third-order valence-corrected chi connectivity index (χ3v) is 4.85. The van der Waals surface area contributed by atoms with Crippen LogP contribution in [0.4, 0.5) is 0 Å². The van der Waals surface area contributed by atoms with Crippen molar-refractivity contribution < 1.29 is 0 Å². The van der Waals surface area contributed by atoms with E-state index in [0.717, 1.165) is 3.79 Å². The Balaban J connectivity index is 2.73. The Morgan fingerprint density at radius 2 is 1.92 bits per heavy atom. The summed E-state index contributed by atoms with van der Waals surface area (Å²) in [6.45, 7) is 6.63. The smallest absolute Gasteiger partial charge is 0.0706 e. The van der Waals surface area contributed by atoms with Crippen molar-refractivity contribution in [2.75, 3.05) is 0 Å². The summed E-state index contributed by atoms with van der Waals surface area (Å²) in [6, 6.07) is 4.16. The SMILES string of the molecule is CC(C)C(C)C(Cl)c1ccc(Br)s1. The minimum absolute atomic E-state index is 0.149. The van der Waals surface area contributed by atoms with Crippen LogP contribution in [0, 0.1) is 11.8 Å². The van der Waals surface area contributed by atoms with Crippen LogP contribution in [0.5, 0.6) is 0 Å². The van der Waals surface area contributed by atoms with E-state index in [2.05, 4.69) is 48.8 Å². The summed E-state index contributed by atoms with van der Waals surface area (Å²) in [4.78, 5) is 1.26. The summed E-state index contributed by atoms with van der Waals surface area (Å²) >= 11 is 11.5. The lowest BCUT2D eigenvalue weighted by atomic mass is 9.94. The second-order valence-corrected chi connectivity index (χ2v) is 6.61. The van der Waals surface area contributed by atoms with Gasteiger partial charge in [0.1, 0.15) is 0 Å². The Morgan fingerprint density at radius 3 is 2.31 bits per heavy atom. The highest BCUT2D eigenvalue weighted by atomic mass is 79.9. The maximum atomic E-state index is 6.35. The second kappa shape index (κ2) is 4.81. The minimum Gasteiger partial charge on any atom is -0.132 e. The van der Waals surface area contributed by atoms with Gasteiger partial charge in [-0.25, -0.2) is 0 Å². The van der Waals surface area contributed by atoms with E-state index in [9.17, 15) is 0 Å². The molecule has 3 heteroatoms. The molecular formula is C10H14BrClS. The van der Waals surface area contributed by atoms with Crippen LogP contribution < -0.4 is 0 Å². The van der Waals surface area contributed by atoms with Crippen molar-refractivity contribution in [1.29, 1.82) is 0 Å². The molecule has 0 spiro atoms. The number of hydrogen-bond donors (Lipinski definition) is 0. The number of hydrogen-bond acceptors (Lipinski definition) is 1. The monoisotopic (exact) mass is 280 g/mol. The maximum absolute atomic E-state index is 6.35. The zero-order valence-corrected chi connectivity index (χ0v) is 11.2. The van der Waals surface area contributed by atoms with Gasteiger partial charge < -0.3 is 0 Å². The lowest BCUT2D eigenvalue weighted by Gasteiger charge is -2.20. The molecule has 0 amide bonds. The highest BCUT2D eigenvalue weighted by Gasteiger charge is 2.20. The van der Waals surface area contributed by atoms with Gasteiger partial charge in [-0.1, -0.05) is 20.8 Å². The molecule has 1 heterocycles. The zero-order valence-electron chi connectivity index (χ0n) is 8.05. The summed E-state index contributed by atoms with van der Waals surface area (Å²) in [5.41, 5.74) is 0. The Kier molecular flexibility index (Phi) is 4.27. The number of rotatable bonds is 3. The van der Waals surface area contributed by atoms with E-state index in [0.29, 0.717) is 11.8 Å². The predicted octanol–water partition coefficient (Wildman–Crippen LogP) is 5.08. The zero-order chi connectivity index (χ0) is 10.0. The Bertz CT molecular complexity index is 270. The third-order valence-electron chi connectivity index (χ3n) is 2.38. The Morgan fingerprint density at radius 1 is 1.31 bits per heavy atom.